The highest BCUT2D eigenvalue weighted by Gasteiger charge is 2.08. The summed E-state index contributed by atoms with van der Waals surface area (Å²) in [5.41, 5.74) is 0.603. The number of carbonyl (C=O) groups is 1. The van der Waals surface area contributed by atoms with Crippen molar-refractivity contribution in [1.82, 2.24) is 20.1 Å². The Hall–Kier alpha value is -2.17. The van der Waals surface area contributed by atoms with Crippen LogP contribution in [0.4, 0.5) is 0 Å². The van der Waals surface area contributed by atoms with Crippen molar-refractivity contribution >= 4 is 17.2 Å². The van der Waals surface area contributed by atoms with Gasteiger partial charge in [0.15, 0.2) is 0 Å². The van der Waals surface area contributed by atoms with Gasteiger partial charge in [-0.2, -0.15) is 0 Å². The summed E-state index contributed by atoms with van der Waals surface area (Å²) in [5.74, 6) is 6.45. The quantitative estimate of drug-likeness (QED) is 0.792. The van der Waals surface area contributed by atoms with Crippen LogP contribution in [0, 0.1) is 11.8 Å². The van der Waals surface area contributed by atoms with Crippen LogP contribution in [0.3, 0.4) is 0 Å². The molecule has 0 fully saturated rings. The lowest BCUT2D eigenvalue weighted by molar-refractivity contribution is 0.0954. The average Bonchev–Trinajstić information content (AvgIpc) is 3.09. The molecule has 0 atom stereocenters. The first-order valence-corrected chi connectivity index (χ1v) is 7.38. The van der Waals surface area contributed by atoms with E-state index in [1.165, 1.54) is 11.3 Å². The van der Waals surface area contributed by atoms with Crippen molar-refractivity contribution in [3.05, 3.63) is 34.0 Å². The number of amides is 1. The fourth-order valence-electron chi connectivity index (χ4n) is 1.65. The molecule has 21 heavy (non-hydrogen) atoms. The normalized spacial score (nSPS) is 10.0. The van der Waals surface area contributed by atoms with Gasteiger partial charge < -0.3 is 15.0 Å². The molecule has 2 N–H and O–H groups in total. The summed E-state index contributed by atoms with van der Waals surface area (Å²) in [5, 5.41) is 21.0. The fourth-order valence-corrected chi connectivity index (χ4v) is 2.40. The number of aliphatic hydroxyl groups excluding tert-OH is 1. The molecule has 0 saturated carbocycles. The maximum atomic E-state index is 12.0. The van der Waals surface area contributed by atoms with Crippen molar-refractivity contribution in [1.29, 1.82) is 0 Å². The number of carbonyl (C=O) groups excluding carboxylic acids is 1. The molecule has 2 aromatic rings. The number of aliphatic hydroxyl groups is 1. The molecule has 2 rings (SSSR count). The zero-order chi connectivity index (χ0) is 15.1. The van der Waals surface area contributed by atoms with Gasteiger partial charge in [-0.25, -0.2) is 0 Å². The Bertz CT molecular complexity index is 666. The highest BCUT2D eigenvalue weighted by molar-refractivity contribution is 7.10. The van der Waals surface area contributed by atoms with E-state index in [1.807, 2.05) is 11.6 Å². The molecule has 1 amide bonds. The number of thiophene rings is 1. The Morgan fingerprint density at radius 1 is 1.57 bits per heavy atom. The maximum Gasteiger partial charge on any atom is 0.252 e. The number of hydrogen-bond acceptors (Lipinski definition) is 5. The van der Waals surface area contributed by atoms with Gasteiger partial charge >= 0.3 is 0 Å². The molecule has 0 aliphatic rings. The first kappa shape index (κ1) is 15.2. The van der Waals surface area contributed by atoms with Crippen LogP contribution in [0.15, 0.2) is 17.8 Å². The monoisotopic (exact) mass is 304 g/mol. The Kier molecular flexibility index (Phi) is 5.49. The lowest BCUT2D eigenvalue weighted by Gasteiger charge is -2.03. The Morgan fingerprint density at radius 2 is 2.43 bits per heavy atom. The van der Waals surface area contributed by atoms with Crippen LogP contribution >= 0.6 is 11.3 Å². The number of aryl methyl sites for hydroxylation is 1. The molecule has 7 heteroatoms. The van der Waals surface area contributed by atoms with Crippen LogP contribution in [0.5, 0.6) is 0 Å². The summed E-state index contributed by atoms with van der Waals surface area (Å²) in [6.07, 6.45) is 2.71. The number of aromatic nitrogens is 3. The van der Waals surface area contributed by atoms with Crippen molar-refractivity contribution in [3.8, 4) is 11.8 Å². The van der Waals surface area contributed by atoms with Gasteiger partial charge in [0.05, 0.1) is 17.0 Å². The van der Waals surface area contributed by atoms with Crippen LogP contribution < -0.4 is 5.32 Å². The Morgan fingerprint density at radius 3 is 3.14 bits per heavy atom. The second-order valence-corrected chi connectivity index (χ2v) is 5.25. The zero-order valence-corrected chi connectivity index (χ0v) is 12.5. The summed E-state index contributed by atoms with van der Waals surface area (Å²) in [7, 11) is 1.87. The summed E-state index contributed by atoms with van der Waals surface area (Å²) < 4.78 is 1.83. The van der Waals surface area contributed by atoms with Crippen molar-refractivity contribution < 1.29 is 9.90 Å². The zero-order valence-electron chi connectivity index (χ0n) is 11.7. The molecule has 0 aliphatic carbocycles. The SMILES string of the molecule is Cn1cnnc1CCNC(=O)c1csc(C#CCCO)c1. The minimum Gasteiger partial charge on any atom is -0.395 e. The predicted molar refractivity (Wildman–Crippen MR) is 79.9 cm³/mol. The van der Waals surface area contributed by atoms with Gasteiger partial charge in [0, 0.05) is 31.8 Å². The first-order valence-electron chi connectivity index (χ1n) is 6.50. The van der Waals surface area contributed by atoms with E-state index in [1.54, 1.807) is 17.8 Å². The first-order chi connectivity index (χ1) is 10.2. The fraction of sp³-hybridized carbons (Fsp3) is 0.357. The topological polar surface area (TPSA) is 80.0 Å². The van der Waals surface area contributed by atoms with Crippen molar-refractivity contribution in [2.24, 2.45) is 7.05 Å². The molecule has 0 saturated heterocycles. The lowest BCUT2D eigenvalue weighted by atomic mass is 10.3. The second kappa shape index (κ2) is 7.57. The van der Waals surface area contributed by atoms with E-state index in [9.17, 15) is 4.79 Å². The highest BCUT2D eigenvalue weighted by atomic mass is 32.1. The van der Waals surface area contributed by atoms with Gasteiger partial charge in [0.25, 0.3) is 5.91 Å². The van der Waals surface area contributed by atoms with Gasteiger partial charge in [-0.15, -0.1) is 21.5 Å². The van der Waals surface area contributed by atoms with E-state index in [0.29, 0.717) is 24.9 Å². The molecule has 2 aromatic heterocycles. The Balaban J connectivity index is 1.84. The number of nitrogens with one attached hydrogen (secondary N) is 1. The van der Waals surface area contributed by atoms with Crippen molar-refractivity contribution in [3.63, 3.8) is 0 Å². The Labute approximate surface area is 126 Å². The summed E-state index contributed by atoms with van der Waals surface area (Å²) in [6.45, 7) is 0.556. The van der Waals surface area contributed by atoms with E-state index >= 15 is 0 Å². The highest BCUT2D eigenvalue weighted by Crippen LogP contribution is 2.13. The van der Waals surface area contributed by atoms with Gasteiger partial charge in [0.2, 0.25) is 0 Å². The predicted octanol–water partition coefficient (Wildman–Crippen LogP) is 0.583. The molecule has 0 bridgehead atoms. The molecule has 0 unspecified atom stereocenters. The standard InChI is InChI=1S/C14H16N4O2S/c1-18-10-16-17-13(18)5-6-15-14(20)11-8-12(21-9-11)4-2-3-7-19/h8-10,19H,3,5-7H2,1H3,(H,15,20). The van der Waals surface area contributed by atoms with E-state index in [2.05, 4.69) is 27.4 Å². The third-order valence-electron chi connectivity index (χ3n) is 2.75. The number of nitrogens with zero attached hydrogens (tertiary/aromatic N) is 3. The van der Waals surface area contributed by atoms with E-state index < -0.39 is 0 Å². The smallest absolute Gasteiger partial charge is 0.252 e. The third kappa shape index (κ3) is 4.41. The molecule has 0 spiro atoms. The van der Waals surface area contributed by atoms with Crippen LogP contribution in [0.25, 0.3) is 0 Å². The van der Waals surface area contributed by atoms with E-state index in [0.717, 1.165) is 10.7 Å². The molecule has 6 nitrogen and oxygen atoms in total. The minimum absolute atomic E-state index is 0.0494. The van der Waals surface area contributed by atoms with Gasteiger partial charge in [-0.1, -0.05) is 11.8 Å². The average molecular weight is 304 g/mol. The van der Waals surface area contributed by atoms with E-state index in [-0.39, 0.29) is 12.5 Å². The number of rotatable bonds is 5. The van der Waals surface area contributed by atoms with Gasteiger partial charge in [-0.05, 0) is 6.07 Å². The van der Waals surface area contributed by atoms with Crippen molar-refractivity contribution in [2.75, 3.05) is 13.2 Å². The van der Waals surface area contributed by atoms with Crippen LogP contribution in [-0.4, -0.2) is 38.9 Å². The second-order valence-electron chi connectivity index (χ2n) is 4.34. The minimum atomic E-state index is -0.122. The van der Waals surface area contributed by atoms with Gasteiger partial charge in [0.1, 0.15) is 12.2 Å². The maximum absolute atomic E-state index is 12.0. The molecular weight excluding hydrogens is 288 g/mol. The van der Waals surface area contributed by atoms with Gasteiger partial charge in [-0.3, -0.25) is 4.79 Å². The molecule has 2 heterocycles. The number of hydrogen-bond donors (Lipinski definition) is 2. The largest absolute Gasteiger partial charge is 0.395 e. The van der Waals surface area contributed by atoms with E-state index in [4.69, 9.17) is 5.11 Å². The molecule has 110 valence electrons. The molecule has 0 radical (unpaired) electrons. The van der Waals surface area contributed by atoms with Crippen LogP contribution in [0.2, 0.25) is 0 Å². The molecular formula is C14H16N4O2S. The molecule has 0 aliphatic heterocycles. The van der Waals surface area contributed by atoms with Crippen molar-refractivity contribution in [2.45, 2.75) is 12.8 Å². The molecule has 0 aromatic carbocycles. The summed E-state index contributed by atoms with van der Waals surface area (Å²) in [4.78, 5) is 12.8. The summed E-state index contributed by atoms with van der Waals surface area (Å²) >= 11 is 1.42. The van der Waals surface area contributed by atoms with Crippen LogP contribution in [-0.2, 0) is 13.5 Å². The summed E-state index contributed by atoms with van der Waals surface area (Å²) in [6, 6.07) is 1.76. The lowest BCUT2D eigenvalue weighted by Crippen LogP contribution is -2.25. The third-order valence-corrected chi connectivity index (χ3v) is 3.59. The van der Waals surface area contributed by atoms with Crippen LogP contribution in [0.1, 0.15) is 27.5 Å².